The Labute approximate surface area is 130 Å². The maximum atomic E-state index is 4.28. The molecule has 22 heavy (non-hydrogen) atoms. The Morgan fingerprint density at radius 1 is 0.727 bits per heavy atom. The molecule has 0 aliphatic rings. The van der Waals surface area contributed by atoms with Crippen molar-refractivity contribution in [3.8, 4) is 0 Å². The summed E-state index contributed by atoms with van der Waals surface area (Å²) in [7, 11) is 0. The van der Waals surface area contributed by atoms with Crippen molar-refractivity contribution in [3.63, 3.8) is 0 Å². The first kappa shape index (κ1) is 14.2. The fourth-order valence-electron chi connectivity index (χ4n) is 2.44. The highest BCUT2D eigenvalue weighted by atomic mass is 14.6. The van der Waals surface area contributed by atoms with E-state index >= 15 is 0 Å². The highest BCUT2D eigenvalue weighted by Crippen LogP contribution is 2.14. The first-order chi connectivity index (χ1) is 10.7. The van der Waals surface area contributed by atoms with Gasteiger partial charge in [0.2, 0.25) is 0 Å². The molecule has 0 amide bonds. The smallest absolute Gasteiger partial charge is 0.0704 e. The second-order valence-corrected chi connectivity index (χ2v) is 5.35. The molecule has 0 unspecified atom stereocenters. The molecule has 0 aliphatic carbocycles. The Morgan fingerprint density at radius 3 is 2.41 bits per heavy atom. The lowest BCUT2D eigenvalue weighted by molar-refractivity contribution is 1.33. The zero-order chi connectivity index (χ0) is 15.4. The second-order valence-electron chi connectivity index (χ2n) is 5.35. The van der Waals surface area contributed by atoms with Gasteiger partial charge < -0.3 is 0 Å². The number of fused-ring (bicyclic) bond motifs is 2. The van der Waals surface area contributed by atoms with Crippen LogP contribution in [0.3, 0.4) is 0 Å². The summed E-state index contributed by atoms with van der Waals surface area (Å²) in [6, 6.07) is 20.5. The number of aryl methyl sites for hydroxylation is 2. The third-order valence-corrected chi connectivity index (χ3v) is 3.59. The maximum Gasteiger partial charge on any atom is 0.0704 e. The van der Waals surface area contributed by atoms with Crippen LogP contribution in [0, 0.1) is 13.8 Å². The van der Waals surface area contributed by atoms with E-state index in [-0.39, 0.29) is 0 Å². The van der Waals surface area contributed by atoms with E-state index in [1.165, 1.54) is 21.9 Å². The van der Waals surface area contributed by atoms with Crippen LogP contribution in [0.5, 0.6) is 0 Å². The van der Waals surface area contributed by atoms with Crippen LogP contribution in [0.25, 0.3) is 21.8 Å². The average Bonchev–Trinajstić information content (AvgIpc) is 2.56. The van der Waals surface area contributed by atoms with Crippen LogP contribution in [0.2, 0.25) is 0 Å². The molecular weight excluding hydrogens is 268 g/mol. The molecule has 0 N–H and O–H groups in total. The normalized spacial score (nSPS) is 10.3. The fourth-order valence-corrected chi connectivity index (χ4v) is 2.44. The number of aromatic nitrogens is 2. The van der Waals surface area contributed by atoms with Gasteiger partial charge >= 0.3 is 0 Å². The van der Waals surface area contributed by atoms with Crippen molar-refractivity contribution in [2.24, 2.45) is 0 Å². The summed E-state index contributed by atoms with van der Waals surface area (Å²) in [6.07, 6.45) is 3.71. The Bertz CT molecular complexity index is 902. The summed E-state index contributed by atoms with van der Waals surface area (Å²) in [5.74, 6) is 0. The minimum absolute atomic E-state index is 1.07. The Balaban J connectivity index is 0.000000131. The number of rotatable bonds is 0. The van der Waals surface area contributed by atoms with Gasteiger partial charge in [0.05, 0.1) is 11.0 Å². The third kappa shape index (κ3) is 3.12. The van der Waals surface area contributed by atoms with Gasteiger partial charge in [-0.2, -0.15) is 0 Å². The second kappa shape index (κ2) is 6.35. The predicted molar refractivity (Wildman–Crippen MR) is 93.0 cm³/mol. The summed E-state index contributed by atoms with van der Waals surface area (Å²) >= 11 is 0. The number of pyridine rings is 2. The van der Waals surface area contributed by atoms with Crippen molar-refractivity contribution >= 4 is 21.8 Å². The van der Waals surface area contributed by atoms with E-state index in [0.29, 0.717) is 0 Å². The van der Waals surface area contributed by atoms with Crippen LogP contribution in [0.15, 0.2) is 73.1 Å². The van der Waals surface area contributed by atoms with Crippen LogP contribution >= 0.6 is 0 Å². The Kier molecular flexibility index (Phi) is 4.10. The third-order valence-electron chi connectivity index (χ3n) is 3.59. The van der Waals surface area contributed by atoms with Crippen molar-refractivity contribution in [3.05, 3.63) is 84.2 Å². The molecule has 108 valence electrons. The number of para-hydroxylation sites is 1. The summed E-state index contributed by atoms with van der Waals surface area (Å²) in [6.45, 7) is 4.16. The van der Waals surface area contributed by atoms with Crippen molar-refractivity contribution in [1.29, 1.82) is 0 Å². The molecule has 2 nitrogen and oxygen atoms in total. The lowest BCUT2D eigenvalue weighted by Crippen LogP contribution is -1.79. The van der Waals surface area contributed by atoms with Crippen molar-refractivity contribution in [2.45, 2.75) is 13.8 Å². The quantitative estimate of drug-likeness (QED) is 0.450. The molecular formula is C20H18N2. The molecule has 0 spiro atoms. The first-order valence-electron chi connectivity index (χ1n) is 7.36. The monoisotopic (exact) mass is 286 g/mol. The van der Waals surface area contributed by atoms with Crippen molar-refractivity contribution in [2.75, 3.05) is 0 Å². The molecule has 2 heteroatoms. The molecule has 4 rings (SSSR count). The van der Waals surface area contributed by atoms with Crippen LogP contribution in [0.4, 0.5) is 0 Å². The number of hydrogen-bond donors (Lipinski definition) is 0. The van der Waals surface area contributed by atoms with E-state index in [1.807, 2.05) is 48.8 Å². The molecule has 0 fully saturated rings. The molecule has 2 aromatic heterocycles. The summed E-state index contributed by atoms with van der Waals surface area (Å²) < 4.78 is 0. The minimum atomic E-state index is 1.07. The molecule has 2 heterocycles. The van der Waals surface area contributed by atoms with E-state index in [9.17, 15) is 0 Å². The van der Waals surface area contributed by atoms with E-state index in [0.717, 1.165) is 11.0 Å². The van der Waals surface area contributed by atoms with Gasteiger partial charge in [-0.1, -0.05) is 36.4 Å². The van der Waals surface area contributed by atoms with E-state index in [1.54, 1.807) is 0 Å². The van der Waals surface area contributed by atoms with Gasteiger partial charge in [0.25, 0.3) is 0 Å². The molecule has 0 aliphatic heterocycles. The number of hydrogen-bond acceptors (Lipinski definition) is 2. The van der Waals surface area contributed by atoms with Gasteiger partial charge in [-0.25, -0.2) is 0 Å². The highest BCUT2D eigenvalue weighted by Gasteiger charge is 1.93. The zero-order valence-electron chi connectivity index (χ0n) is 12.8. The number of benzene rings is 2. The van der Waals surface area contributed by atoms with Gasteiger partial charge in [0, 0.05) is 23.2 Å². The largest absolute Gasteiger partial charge is 0.256 e. The summed E-state index contributed by atoms with van der Waals surface area (Å²) in [5.41, 5.74) is 4.64. The van der Waals surface area contributed by atoms with Crippen LogP contribution in [-0.4, -0.2) is 9.97 Å². The maximum absolute atomic E-state index is 4.28. The number of nitrogens with zero attached hydrogens (tertiary/aromatic N) is 2. The highest BCUT2D eigenvalue weighted by molar-refractivity contribution is 5.81. The van der Waals surface area contributed by atoms with Crippen molar-refractivity contribution < 1.29 is 0 Å². The van der Waals surface area contributed by atoms with Crippen LogP contribution < -0.4 is 0 Å². The average molecular weight is 286 g/mol. The van der Waals surface area contributed by atoms with Gasteiger partial charge in [0.1, 0.15) is 0 Å². The molecule has 0 atom stereocenters. The fraction of sp³-hybridized carbons (Fsp3) is 0.100. The van der Waals surface area contributed by atoms with E-state index in [2.05, 4.69) is 48.1 Å². The predicted octanol–water partition coefficient (Wildman–Crippen LogP) is 5.09. The van der Waals surface area contributed by atoms with Crippen molar-refractivity contribution in [1.82, 2.24) is 9.97 Å². The van der Waals surface area contributed by atoms with Gasteiger partial charge in [0.15, 0.2) is 0 Å². The Morgan fingerprint density at radius 2 is 1.55 bits per heavy atom. The molecule has 4 aromatic rings. The molecule has 0 bridgehead atoms. The lowest BCUT2D eigenvalue weighted by atomic mass is 10.1. The van der Waals surface area contributed by atoms with E-state index < -0.39 is 0 Å². The Hall–Kier alpha value is -2.74. The lowest BCUT2D eigenvalue weighted by Gasteiger charge is -1.97. The van der Waals surface area contributed by atoms with Gasteiger partial charge in [-0.3, -0.25) is 9.97 Å². The molecule has 0 saturated carbocycles. The topological polar surface area (TPSA) is 25.8 Å². The molecule has 0 radical (unpaired) electrons. The minimum Gasteiger partial charge on any atom is -0.256 e. The zero-order valence-corrected chi connectivity index (χ0v) is 12.8. The standard InChI is InChI=1S/2C10H9N/c1-8-4-2-6-10-9(8)5-3-7-11-10;1-8-6-9-4-2-3-5-10(9)11-7-8/h2*2-7H,1H3. The summed E-state index contributed by atoms with van der Waals surface area (Å²) in [5, 5.41) is 2.46. The molecule has 2 aromatic carbocycles. The first-order valence-corrected chi connectivity index (χ1v) is 7.36. The van der Waals surface area contributed by atoms with Crippen LogP contribution in [-0.2, 0) is 0 Å². The summed E-state index contributed by atoms with van der Waals surface area (Å²) in [4.78, 5) is 8.52. The van der Waals surface area contributed by atoms with Crippen LogP contribution in [0.1, 0.15) is 11.1 Å². The SMILES string of the molecule is Cc1cccc2ncccc12.Cc1cnc2ccccc2c1. The van der Waals surface area contributed by atoms with Gasteiger partial charge in [-0.05, 0) is 49.2 Å². The molecule has 0 saturated heterocycles. The van der Waals surface area contributed by atoms with Gasteiger partial charge in [-0.15, -0.1) is 0 Å². The van der Waals surface area contributed by atoms with E-state index in [4.69, 9.17) is 0 Å².